The molecule has 4 nitrogen and oxygen atoms in total. The lowest BCUT2D eigenvalue weighted by atomic mass is 9.92. The molecule has 1 N–H and O–H groups in total. The number of hydrogen-bond acceptors (Lipinski definition) is 3. The lowest BCUT2D eigenvalue weighted by molar-refractivity contribution is -0.131. The van der Waals surface area contributed by atoms with E-state index < -0.39 is 5.97 Å². The van der Waals surface area contributed by atoms with Crippen molar-refractivity contribution in [2.75, 3.05) is 0 Å². The number of carboxylic acids is 1. The molecule has 0 aliphatic carbocycles. The molecule has 2 heterocycles. The molecule has 0 bridgehead atoms. The van der Waals surface area contributed by atoms with E-state index in [4.69, 9.17) is 5.11 Å². The third kappa shape index (κ3) is 5.57. The second-order valence-electron chi connectivity index (χ2n) is 7.26. The van der Waals surface area contributed by atoms with Gasteiger partial charge in [-0.2, -0.15) is 0 Å². The summed E-state index contributed by atoms with van der Waals surface area (Å²) < 4.78 is 0. The van der Waals surface area contributed by atoms with Gasteiger partial charge in [0, 0.05) is 30.9 Å². The first kappa shape index (κ1) is 21.7. The number of pyridine rings is 2. The second-order valence-corrected chi connectivity index (χ2v) is 7.26. The number of benzene rings is 3. The molecule has 0 saturated carbocycles. The SMILES string of the molecule is O=C(O)/C=C/c1ccccc1.c1cc(-c2ccncc2)c2c(-c3ccncc3)cccc2c1. The van der Waals surface area contributed by atoms with E-state index in [1.807, 2.05) is 55.1 Å². The maximum atomic E-state index is 10.1. The summed E-state index contributed by atoms with van der Waals surface area (Å²) in [6.45, 7) is 0. The molecule has 5 aromatic rings. The third-order valence-electron chi connectivity index (χ3n) is 5.11. The second kappa shape index (κ2) is 10.6. The Morgan fingerprint density at radius 1 is 0.636 bits per heavy atom. The van der Waals surface area contributed by atoms with Gasteiger partial charge in [0.05, 0.1) is 0 Å². The number of aliphatic carboxylic acids is 1. The minimum absolute atomic E-state index is 0.898. The van der Waals surface area contributed by atoms with E-state index in [1.165, 1.54) is 33.0 Å². The Balaban J connectivity index is 0.000000200. The molecular weight excluding hydrogens is 408 g/mol. The predicted octanol–water partition coefficient (Wildman–Crippen LogP) is 6.75. The number of carbonyl (C=O) groups is 1. The molecule has 0 saturated heterocycles. The average Bonchev–Trinajstić information content (AvgIpc) is 2.89. The van der Waals surface area contributed by atoms with Gasteiger partial charge < -0.3 is 5.11 Å². The van der Waals surface area contributed by atoms with Crippen molar-refractivity contribution < 1.29 is 9.90 Å². The van der Waals surface area contributed by atoms with Crippen LogP contribution in [0.4, 0.5) is 0 Å². The average molecular weight is 431 g/mol. The molecule has 0 radical (unpaired) electrons. The van der Waals surface area contributed by atoms with Crippen LogP contribution in [0, 0.1) is 0 Å². The maximum absolute atomic E-state index is 10.1. The Morgan fingerprint density at radius 3 is 1.64 bits per heavy atom. The molecule has 2 aromatic heterocycles. The van der Waals surface area contributed by atoms with E-state index in [2.05, 4.69) is 70.6 Å². The van der Waals surface area contributed by atoms with Gasteiger partial charge in [-0.05, 0) is 68.9 Å². The van der Waals surface area contributed by atoms with Crippen LogP contribution in [0.3, 0.4) is 0 Å². The molecule has 0 aliphatic heterocycles. The maximum Gasteiger partial charge on any atom is 0.328 e. The normalized spacial score (nSPS) is 10.5. The van der Waals surface area contributed by atoms with Crippen molar-refractivity contribution in [3.8, 4) is 22.3 Å². The number of hydrogen-bond donors (Lipinski definition) is 1. The molecule has 5 rings (SSSR count). The summed E-state index contributed by atoms with van der Waals surface area (Å²) in [7, 11) is 0. The van der Waals surface area contributed by atoms with Crippen LogP contribution >= 0.6 is 0 Å². The molecule has 160 valence electrons. The zero-order valence-electron chi connectivity index (χ0n) is 17.9. The van der Waals surface area contributed by atoms with Crippen molar-refractivity contribution in [1.82, 2.24) is 9.97 Å². The highest BCUT2D eigenvalue weighted by atomic mass is 16.4. The summed E-state index contributed by atoms with van der Waals surface area (Å²) in [5, 5.41) is 10.8. The van der Waals surface area contributed by atoms with Gasteiger partial charge in [0.1, 0.15) is 0 Å². The zero-order chi connectivity index (χ0) is 22.9. The molecule has 0 amide bonds. The van der Waals surface area contributed by atoms with E-state index in [1.54, 1.807) is 6.08 Å². The van der Waals surface area contributed by atoms with Crippen molar-refractivity contribution in [2.45, 2.75) is 0 Å². The molecule has 4 heteroatoms. The molecule has 33 heavy (non-hydrogen) atoms. The van der Waals surface area contributed by atoms with E-state index in [9.17, 15) is 4.79 Å². The van der Waals surface area contributed by atoms with Gasteiger partial charge in [0.15, 0.2) is 0 Å². The molecule has 3 aromatic carbocycles. The van der Waals surface area contributed by atoms with Crippen molar-refractivity contribution in [3.05, 3.63) is 127 Å². The van der Waals surface area contributed by atoms with Crippen LogP contribution in [0.25, 0.3) is 39.1 Å². The van der Waals surface area contributed by atoms with Gasteiger partial charge in [-0.15, -0.1) is 0 Å². The van der Waals surface area contributed by atoms with Crippen LogP contribution in [0.1, 0.15) is 5.56 Å². The first-order chi connectivity index (χ1) is 16.2. The Morgan fingerprint density at radius 2 is 1.15 bits per heavy atom. The predicted molar refractivity (Wildman–Crippen MR) is 134 cm³/mol. The van der Waals surface area contributed by atoms with Gasteiger partial charge in [0.25, 0.3) is 0 Å². The number of rotatable bonds is 4. The van der Waals surface area contributed by atoms with Crippen LogP contribution in [0.2, 0.25) is 0 Å². The fraction of sp³-hybridized carbons (Fsp3) is 0. The fourth-order valence-corrected chi connectivity index (χ4v) is 3.62. The summed E-state index contributed by atoms with van der Waals surface area (Å²) in [4.78, 5) is 18.3. The summed E-state index contributed by atoms with van der Waals surface area (Å²) >= 11 is 0. The summed E-state index contributed by atoms with van der Waals surface area (Å²) in [5.41, 5.74) is 5.72. The van der Waals surface area contributed by atoms with E-state index in [0.29, 0.717) is 0 Å². The van der Waals surface area contributed by atoms with Crippen LogP contribution in [-0.4, -0.2) is 21.0 Å². The van der Waals surface area contributed by atoms with Crippen LogP contribution in [0.5, 0.6) is 0 Å². The van der Waals surface area contributed by atoms with Crippen LogP contribution in [-0.2, 0) is 4.79 Å². The standard InChI is InChI=1S/C20H14N2.C9H8O2/c1-3-17-4-2-6-19(16-9-13-22-14-10-16)20(17)18(5-1)15-7-11-21-12-8-15;10-9(11)7-6-8-4-2-1-3-5-8/h1-14H;1-7H,(H,10,11)/b;7-6+. The van der Waals surface area contributed by atoms with E-state index >= 15 is 0 Å². The van der Waals surface area contributed by atoms with Gasteiger partial charge in [-0.3, -0.25) is 9.97 Å². The van der Waals surface area contributed by atoms with Gasteiger partial charge >= 0.3 is 5.97 Å². The number of aromatic nitrogens is 2. The van der Waals surface area contributed by atoms with Gasteiger partial charge in [-0.25, -0.2) is 4.79 Å². The Labute approximate surface area is 192 Å². The lowest BCUT2D eigenvalue weighted by Crippen LogP contribution is -1.86. The Bertz CT molecular complexity index is 1290. The summed E-state index contributed by atoms with van der Waals surface area (Å²) in [5.74, 6) is -0.922. The number of carboxylic acid groups (broad SMARTS) is 1. The quantitative estimate of drug-likeness (QED) is 0.320. The Kier molecular flexibility index (Phi) is 6.98. The Hall–Kier alpha value is -4.57. The molecule has 0 atom stereocenters. The summed E-state index contributed by atoms with van der Waals surface area (Å²) in [6, 6.07) is 30.4. The van der Waals surface area contributed by atoms with E-state index in [0.717, 1.165) is 11.6 Å². The number of nitrogens with zero attached hydrogens (tertiary/aromatic N) is 2. The monoisotopic (exact) mass is 430 g/mol. The highest BCUT2D eigenvalue weighted by Crippen LogP contribution is 2.35. The zero-order valence-corrected chi connectivity index (χ0v) is 17.9. The van der Waals surface area contributed by atoms with Crippen molar-refractivity contribution >= 4 is 22.8 Å². The highest BCUT2D eigenvalue weighted by Gasteiger charge is 2.09. The van der Waals surface area contributed by atoms with Crippen molar-refractivity contribution in [2.24, 2.45) is 0 Å². The topological polar surface area (TPSA) is 63.1 Å². The smallest absolute Gasteiger partial charge is 0.328 e. The molecule has 0 spiro atoms. The minimum atomic E-state index is -0.922. The lowest BCUT2D eigenvalue weighted by Gasteiger charge is -2.12. The largest absolute Gasteiger partial charge is 0.478 e. The van der Waals surface area contributed by atoms with Gasteiger partial charge in [0.2, 0.25) is 0 Å². The minimum Gasteiger partial charge on any atom is -0.478 e. The molecule has 0 fully saturated rings. The van der Waals surface area contributed by atoms with E-state index in [-0.39, 0.29) is 0 Å². The highest BCUT2D eigenvalue weighted by molar-refractivity contribution is 6.06. The number of fused-ring (bicyclic) bond motifs is 1. The molecular formula is C29H22N2O2. The van der Waals surface area contributed by atoms with Crippen molar-refractivity contribution in [1.29, 1.82) is 0 Å². The summed E-state index contributed by atoms with van der Waals surface area (Å²) in [6.07, 6.45) is 10.0. The first-order valence-electron chi connectivity index (χ1n) is 10.5. The third-order valence-corrected chi connectivity index (χ3v) is 5.11. The molecule has 0 aliphatic rings. The van der Waals surface area contributed by atoms with Gasteiger partial charge in [-0.1, -0.05) is 66.7 Å². The fourth-order valence-electron chi connectivity index (χ4n) is 3.62. The van der Waals surface area contributed by atoms with Crippen LogP contribution in [0.15, 0.2) is 122 Å². The first-order valence-corrected chi connectivity index (χ1v) is 10.5. The molecule has 0 unspecified atom stereocenters. The van der Waals surface area contributed by atoms with Crippen molar-refractivity contribution in [3.63, 3.8) is 0 Å². The van der Waals surface area contributed by atoms with Crippen LogP contribution < -0.4 is 0 Å².